The molecular weight excluding hydrogens is 262 g/mol. The molecule has 1 aliphatic carbocycles. The molecule has 1 amide bonds. The minimum absolute atomic E-state index is 0.321. The van der Waals surface area contributed by atoms with Crippen molar-refractivity contribution in [3.8, 4) is 0 Å². The van der Waals surface area contributed by atoms with Crippen LogP contribution in [0.15, 0.2) is 18.2 Å². The lowest BCUT2D eigenvalue weighted by atomic mass is 10.0. The SMILES string of the molecule is Cc1cccc(N2CCC[C@@H](N(C)C(=O)CC3CC3)C2)n1. The number of piperidine rings is 1. The maximum Gasteiger partial charge on any atom is 0.222 e. The second kappa shape index (κ2) is 6.04. The van der Waals surface area contributed by atoms with E-state index in [1.54, 1.807) is 0 Å². The molecule has 2 aliphatic rings. The van der Waals surface area contributed by atoms with Gasteiger partial charge in [0.25, 0.3) is 0 Å². The summed E-state index contributed by atoms with van der Waals surface area (Å²) < 4.78 is 0. The van der Waals surface area contributed by atoms with Crippen molar-refractivity contribution in [1.29, 1.82) is 0 Å². The molecular formula is C17H25N3O. The molecule has 2 fully saturated rings. The number of likely N-dealkylation sites (N-methyl/N-ethyl adjacent to an activating group) is 1. The van der Waals surface area contributed by atoms with Crippen molar-refractivity contribution in [3.05, 3.63) is 23.9 Å². The molecule has 1 aromatic rings. The van der Waals surface area contributed by atoms with E-state index in [9.17, 15) is 4.79 Å². The Morgan fingerprint density at radius 3 is 2.90 bits per heavy atom. The lowest BCUT2D eigenvalue weighted by Crippen LogP contribution is -2.49. The van der Waals surface area contributed by atoms with Gasteiger partial charge in [-0.3, -0.25) is 4.79 Å². The van der Waals surface area contributed by atoms with E-state index < -0.39 is 0 Å². The Morgan fingerprint density at radius 1 is 1.38 bits per heavy atom. The van der Waals surface area contributed by atoms with Crippen LogP contribution in [0.1, 0.15) is 37.8 Å². The normalized spacial score (nSPS) is 22.2. The fourth-order valence-electron chi connectivity index (χ4n) is 3.10. The zero-order valence-corrected chi connectivity index (χ0v) is 13.1. The number of anilines is 1. The summed E-state index contributed by atoms with van der Waals surface area (Å²) >= 11 is 0. The van der Waals surface area contributed by atoms with Crippen LogP contribution in [0.4, 0.5) is 5.82 Å². The van der Waals surface area contributed by atoms with Gasteiger partial charge in [-0.1, -0.05) is 6.07 Å². The van der Waals surface area contributed by atoms with Crippen LogP contribution in [0.5, 0.6) is 0 Å². The number of carbonyl (C=O) groups is 1. The number of rotatable bonds is 4. The van der Waals surface area contributed by atoms with Crippen molar-refractivity contribution < 1.29 is 4.79 Å². The van der Waals surface area contributed by atoms with Crippen LogP contribution >= 0.6 is 0 Å². The number of aryl methyl sites for hydroxylation is 1. The van der Waals surface area contributed by atoms with E-state index in [2.05, 4.69) is 22.0 Å². The Morgan fingerprint density at radius 2 is 2.19 bits per heavy atom. The number of amides is 1. The van der Waals surface area contributed by atoms with Gasteiger partial charge < -0.3 is 9.80 Å². The third kappa shape index (κ3) is 3.55. The van der Waals surface area contributed by atoms with Crippen LogP contribution in [0.2, 0.25) is 0 Å². The molecule has 0 radical (unpaired) electrons. The Balaban J connectivity index is 1.63. The van der Waals surface area contributed by atoms with Gasteiger partial charge in [0.2, 0.25) is 5.91 Å². The fourth-order valence-corrected chi connectivity index (χ4v) is 3.10. The molecule has 0 N–H and O–H groups in total. The Kier molecular flexibility index (Phi) is 4.13. The summed E-state index contributed by atoms with van der Waals surface area (Å²) in [6.45, 7) is 3.97. The largest absolute Gasteiger partial charge is 0.355 e. The van der Waals surface area contributed by atoms with Crippen molar-refractivity contribution in [2.24, 2.45) is 5.92 Å². The topological polar surface area (TPSA) is 36.4 Å². The van der Waals surface area contributed by atoms with E-state index >= 15 is 0 Å². The van der Waals surface area contributed by atoms with E-state index in [0.29, 0.717) is 17.9 Å². The molecule has 1 aromatic heterocycles. The van der Waals surface area contributed by atoms with Crippen molar-refractivity contribution in [2.45, 2.75) is 45.1 Å². The quantitative estimate of drug-likeness (QED) is 0.854. The highest BCUT2D eigenvalue weighted by Crippen LogP contribution is 2.33. The first-order valence-corrected chi connectivity index (χ1v) is 8.08. The van der Waals surface area contributed by atoms with Crippen molar-refractivity contribution in [1.82, 2.24) is 9.88 Å². The summed E-state index contributed by atoms with van der Waals surface area (Å²) in [4.78, 5) is 21.2. The third-order valence-corrected chi connectivity index (χ3v) is 4.70. The predicted molar refractivity (Wildman–Crippen MR) is 84.3 cm³/mol. The summed E-state index contributed by atoms with van der Waals surface area (Å²) in [6, 6.07) is 6.48. The monoisotopic (exact) mass is 287 g/mol. The van der Waals surface area contributed by atoms with E-state index in [1.165, 1.54) is 12.8 Å². The number of hydrogen-bond acceptors (Lipinski definition) is 3. The molecule has 0 bridgehead atoms. The van der Waals surface area contributed by atoms with Gasteiger partial charge in [0.15, 0.2) is 0 Å². The van der Waals surface area contributed by atoms with Crippen LogP contribution in [0.3, 0.4) is 0 Å². The number of aromatic nitrogens is 1. The van der Waals surface area contributed by atoms with Crippen LogP contribution < -0.4 is 4.90 Å². The Bertz CT molecular complexity index is 513. The van der Waals surface area contributed by atoms with Gasteiger partial charge >= 0.3 is 0 Å². The van der Waals surface area contributed by atoms with Gasteiger partial charge in [-0.15, -0.1) is 0 Å². The standard InChI is InChI=1S/C17H25N3O/c1-13-5-3-7-16(18-13)20-10-4-6-15(12-20)19(2)17(21)11-14-8-9-14/h3,5,7,14-15H,4,6,8-12H2,1-2H3/t15-/m1/s1. The molecule has 3 rings (SSSR count). The van der Waals surface area contributed by atoms with E-state index in [-0.39, 0.29) is 0 Å². The second-order valence-electron chi connectivity index (χ2n) is 6.53. The second-order valence-corrected chi connectivity index (χ2v) is 6.53. The molecule has 1 aliphatic heterocycles. The number of nitrogens with zero attached hydrogens (tertiary/aromatic N) is 3. The summed E-state index contributed by atoms with van der Waals surface area (Å²) in [7, 11) is 1.97. The number of carbonyl (C=O) groups excluding carboxylic acids is 1. The number of hydrogen-bond donors (Lipinski definition) is 0. The minimum atomic E-state index is 0.321. The summed E-state index contributed by atoms with van der Waals surface area (Å²) in [5, 5.41) is 0. The molecule has 0 aromatic carbocycles. The molecule has 1 saturated carbocycles. The summed E-state index contributed by atoms with van der Waals surface area (Å²) in [5.74, 6) is 2.03. The van der Waals surface area contributed by atoms with E-state index in [1.807, 2.05) is 24.9 Å². The van der Waals surface area contributed by atoms with Crippen LogP contribution in [0, 0.1) is 12.8 Å². The highest BCUT2D eigenvalue weighted by Gasteiger charge is 2.30. The van der Waals surface area contributed by atoms with Crippen LogP contribution in [-0.2, 0) is 4.79 Å². The van der Waals surface area contributed by atoms with Gasteiger partial charge in [-0.25, -0.2) is 4.98 Å². The maximum atomic E-state index is 12.3. The van der Waals surface area contributed by atoms with Gasteiger partial charge in [0.1, 0.15) is 5.82 Å². The van der Waals surface area contributed by atoms with Crippen molar-refractivity contribution >= 4 is 11.7 Å². The van der Waals surface area contributed by atoms with Crippen molar-refractivity contribution in [2.75, 3.05) is 25.0 Å². The van der Waals surface area contributed by atoms with Gasteiger partial charge in [0, 0.05) is 38.3 Å². The highest BCUT2D eigenvalue weighted by atomic mass is 16.2. The highest BCUT2D eigenvalue weighted by molar-refractivity contribution is 5.77. The molecule has 1 atom stereocenters. The third-order valence-electron chi connectivity index (χ3n) is 4.70. The number of pyridine rings is 1. The van der Waals surface area contributed by atoms with E-state index in [0.717, 1.165) is 43.9 Å². The zero-order chi connectivity index (χ0) is 14.8. The summed E-state index contributed by atoms with van der Waals surface area (Å²) in [5.41, 5.74) is 1.05. The molecule has 114 valence electrons. The Hall–Kier alpha value is -1.58. The zero-order valence-electron chi connectivity index (χ0n) is 13.1. The lowest BCUT2D eigenvalue weighted by molar-refractivity contribution is -0.132. The first-order valence-electron chi connectivity index (χ1n) is 8.08. The molecule has 0 unspecified atom stereocenters. The molecule has 21 heavy (non-hydrogen) atoms. The molecule has 1 saturated heterocycles. The first-order chi connectivity index (χ1) is 10.1. The first kappa shape index (κ1) is 14.4. The van der Waals surface area contributed by atoms with Gasteiger partial charge in [-0.05, 0) is 50.7 Å². The fraction of sp³-hybridized carbons (Fsp3) is 0.647. The molecule has 4 heteroatoms. The molecule has 4 nitrogen and oxygen atoms in total. The predicted octanol–water partition coefficient (Wildman–Crippen LogP) is 2.62. The van der Waals surface area contributed by atoms with E-state index in [4.69, 9.17) is 0 Å². The van der Waals surface area contributed by atoms with Crippen LogP contribution in [-0.4, -0.2) is 42.0 Å². The average Bonchev–Trinajstić information content (AvgIpc) is 3.30. The summed E-state index contributed by atoms with van der Waals surface area (Å²) in [6.07, 6.45) is 5.46. The lowest BCUT2D eigenvalue weighted by Gasteiger charge is -2.38. The smallest absolute Gasteiger partial charge is 0.222 e. The Labute approximate surface area is 127 Å². The minimum Gasteiger partial charge on any atom is -0.355 e. The van der Waals surface area contributed by atoms with Gasteiger partial charge in [0.05, 0.1) is 0 Å². The maximum absolute atomic E-state index is 12.3. The molecule has 2 heterocycles. The average molecular weight is 287 g/mol. The van der Waals surface area contributed by atoms with Crippen molar-refractivity contribution in [3.63, 3.8) is 0 Å². The van der Waals surface area contributed by atoms with Crippen LogP contribution in [0.25, 0.3) is 0 Å². The van der Waals surface area contributed by atoms with Gasteiger partial charge in [-0.2, -0.15) is 0 Å². The molecule has 0 spiro atoms.